The highest BCUT2D eigenvalue weighted by molar-refractivity contribution is 5.93. The monoisotopic (exact) mass is 325 g/mol. The molecule has 1 N–H and O–H groups in total. The van der Waals surface area contributed by atoms with E-state index >= 15 is 0 Å². The maximum Gasteiger partial charge on any atom is 0.308 e. The van der Waals surface area contributed by atoms with Crippen molar-refractivity contribution >= 4 is 11.9 Å². The first-order valence-electron chi connectivity index (χ1n) is 8.26. The predicted octanol–water partition coefficient (Wildman–Crippen LogP) is 2.06. The van der Waals surface area contributed by atoms with E-state index in [1.807, 2.05) is 30.3 Å². The van der Waals surface area contributed by atoms with E-state index < -0.39 is 11.9 Å². The molecule has 2 fully saturated rings. The smallest absolute Gasteiger partial charge is 0.308 e. The number of rotatable bonds is 4. The van der Waals surface area contributed by atoms with Crippen LogP contribution in [-0.2, 0) is 4.79 Å². The van der Waals surface area contributed by atoms with Gasteiger partial charge in [0.25, 0.3) is 5.91 Å². The fraction of sp³-hybridized carbons (Fsp3) is 0.389. The Bertz CT molecular complexity index is 767. The van der Waals surface area contributed by atoms with E-state index in [9.17, 15) is 14.7 Å². The molecule has 1 aliphatic carbocycles. The average Bonchev–Trinajstić information content (AvgIpc) is 3.15. The number of aliphatic carboxylic acids is 1. The van der Waals surface area contributed by atoms with E-state index in [4.69, 9.17) is 0 Å². The van der Waals surface area contributed by atoms with Crippen molar-refractivity contribution in [3.05, 3.63) is 48.3 Å². The summed E-state index contributed by atoms with van der Waals surface area (Å²) in [5, 5.41) is 13.8. The highest BCUT2D eigenvalue weighted by Crippen LogP contribution is 2.44. The molecule has 2 aromatic rings. The predicted molar refractivity (Wildman–Crippen MR) is 86.8 cm³/mol. The third-order valence-electron chi connectivity index (χ3n) is 5.03. The van der Waals surface area contributed by atoms with Gasteiger partial charge in [0.1, 0.15) is 0 Å². The number of nitrogens with zero attached hydrogens (tertiary/aromatic N) is 3. The second-order valence-corrected chi connectivity index (χ2v) is 6.64. The minimum Gasteiger partial charge on any atom is -0.481 e. The quantitative estimate of drug-likeness (QED) is 0.933. The summed E-state index contributed by atoms with van der Waals surface area (Å²) in [6, 6.07) is 11.3. The summed E-state index contributed by atoms with van der Waals surface area (Å²) in [5.74, 6) is -0.873. The van der Waals surface area contributed by atoms with Gasteiger partial charge in [0.2, 0.25) is 0 Å². The topological polar surface area (TPSA) is 75.4 Å². The van der Waals surface area contributed by atoms with E-state index in [1.165, 1.54) is 0 Å². The Morgan fingerprint density at radius 3 is 2.50 bits per heavy atom. The summed E-state index contributed by atoms with van der Waals surface area (Å²) >= 11 is 0. The first-order chi connectivity index (χ1) is 11.6. The van der Waals surface area contributed by atoms with Crippen LogP contribution in [0.5, 0.6) is 0 Å². The molecule has 0 spiro atoms. The molecule has 1 aromatic heterocycles. The largest absolute Gasteiger partial charge is 0.481 e. The molecule has 4 rings (SSSR count). The third-order valence-corrected chi connectivity index (χ3v) is 5.03. The molecule has 1 saturated heterocycles. The van der Waals surface area contributed by atoms with E-state index in [0.29, 0.717) is 18.2 Å². The Balaban J connectivity index is 1.52. The van der Waals surface area contributed by atoms with Crippen molar-refractivity contribution in [1.29, 1.82) is 0 Å². The fourth-order valence-corrected chi connectivity index (χ4v) is 3.58. The number of hydrogen-bond donors (Lipinski definition) is 1. The van der Waals surface area contributed by atoms with Crippen molar-refractivity contribution in [1.82, 2.24) is 14.7 Å². The van der Waals surface area contributed by atoms with Crippen LogP contribution in [0.3, 0.4) is 0 Å². The van der Waals surface area contributed by atoms with Gasteiger partial charge in [-0.2, -0.15) is 5.10 Å². The molecule has 24 heavy (non-hydrogen) atoms. The van der Waals surface area contributed by atoms with Crippen LogP contribution >= 0.6 is 0 Å². The van der Waals surface area contributed by atoms with E-state index in [1.54, 1.807) is 21.8 Å². The molecule has 6 nitrogen and oxygen atoms in total. The van der Waals surface area contributed by atoms with Gasteiger partial charge in [0.05, 0.1) is 11.6 Å². The van der Waals surface area contributed by atoms with Gasteiger partial charge >= 0.3 is 5.97 Å². The maximum atomic E-state index is 12.7. The number of benzene rings is 1. The second kappa shape index (κ2) is 5.78. The Morgan fingerprint density at radius 1 is 1.08 bits per heavy atom. The van der Waals surface area contributed by atoms with E-state index in [-0.39, 0.29) is 18.4 Å². The molecule has 1 aliphatic heterocycles. The minimum atomic E-state index is -0.794. The molecular formula is C18H19N3O3. The lowest BCUT2D eigenvalue weighted by atomic mass is 9.92. The molecule has 0 bridgehead atoms. The number of carboxylic acid groups (broad SMARTS) is 1. The van der Waals surface area contributed by atoms with Crippen LogP contribution in [0.4, 0.5) is 0 Å². The van der Waals surface area contributed by atoms with Crippen LogP contribution in [-0.4, -0.2) is 44.8 Å². The van der Waals surface area contributed by atoms with Crippen LogP contribution in [0.15, 0.2) is 42.6 Å². The number of carbonyl (C=O) groups excluding carboxylic acids is 1. The zero-order valence-electron chi connectivity index (χ0n) is 13.2. The molecule has 0 radical (unpaired) electrons. The van der Waals surface area contributed by atoms with Crippen LogP contribution in [0.25, 0.3) is 5.69 Å². The van der Waals surface area contributed by atoms with Gasteiger partial charge < -0.3 is 10.0 Å². The number of amides is 1. The van der Waals surface area contributed by atoms with Crippen molar-refractivity contribution in [3.8, 4) is 5.69 Å². The molecule has 1 saturated carbocycles. The van der Waals surface area contributed by atoms with Crippen LogP contribution in [0.1, 0.15) is 23.3 Å². The summed E-state index contributed by atoms with van der Waals surface area (Å²) in [7, 11) is 0. The van der Waals surface area contributed by atoms with Crippen molar-refractivity contribution in [3.63, 3.8) is 0 Å². The summed E-state index contributed by atoms with van der Waals surface area (Å²) in [6.07, 6.45) is 3.92. The first-order valence-corrected chi connectivity index (χ1v) is 8.26. The van der Waals surface area contributed by atoms with Gasteiger partial charge in [-0.05, 0) is 42.9 Å². The lowest BCUT2D eigenvalue weighted by Crippen LogP contribution is -2.30. The normalized spacial score (nSPS) is 23.4. The molecule has 2 atom stereocenters. The number of para-hydroxylation sites is 1. The Hall–Kier alpha value is -2.63. The average molecular weight is 325 g/mol. The summed E-state index contributed by atoms with van der Waals surface area (Å²) in [6.45, 7) is 0.812. The maximum absolute atomic E-state index is 12.7. The second-order valence-electron chi connectivity index (χ2n) is 6.64. The van der Waals surface area contributed by atoms with Crippen LogP contribution in [0, 0.1) is 17.8 Å². The highest BCUT2D eigenvalue weighted by Gasteiger charge is 2.47. The zero-order chi connectivity index (χ0) is 16.7. The molecule has 6 heteroatoms. The molecule has 2 aliphatic rings. The first kappa shape index (κ1) is 14.9. The Kier molecular flexibility index (Phi) is 3.59. The van der Waals surface area contributed by atoms with Crippen molar-refractivity contribution in [2.45, 2.75) is 12.8 Å². The van der Waals surface area contributed by atoms with Gasteiger partial charge in [-0.25, -0.2) is 4.68 Å². The number of aromatic nitrogens is 2. The summed E-state index contributed by atoms with van der Waals surface area (Å²) in [5.41, 5.74) is 1.25. The SMILES string of the molecule is O=C(O)[C@H]1CN(C(=O)c2ccn(-c3ccccc3)n2)C[C@@H]1C1CC1. The number of likely N-dealkylation sites (tertiary alicyclic amines) is 1. The summed E-state index contributed by atoms with van der Waals surface area (Å²) in [4.78, 5) is 25.8. The molecular weight excluding hydrogens is 306 g/mol. The molecule has 1 amide bonds. The van der Waals surface area contributed by atoms with E-state index in [0.717, 1.165) is 18.5 Å². The Labute approximate surface area is 139 Å². The third kappa shape index (κ3) is 2.68. The van der Waals surface area contributed by atoms with Crippen molar-refractivity contribution < 1.29 is 14.7 Å². The Morgan fingerprint density at radius 2 is 1.83 bits per heavy atom. The number of carbonyl (C=O) groups is 2. The highest BCUT2D eigenvalue weighted by atomic mass is 16.4. The number of hydrogen-bond acceptors (Lipinski definition) is 3. The summed E-state index contributed by atoms with van der Waals surface area (Å²) < 4.78 is 1.66. The fourth-order valence-electron chi connectivity index (χ4n) is 3.58. The zero-order valence-corrected chi connectivity index (χ0v) is 13.2. The lowest BCUT2D eigenvalue weighted by molar-refractivity contribution is -0.142. The van der Waals surface area contributed by atoms with E-state index in [2.05, 4.69) is 5.10 Å². The lowest BCUT2D eigenvalue weighted by Gasteiger charge is -2.14. The molecule has 2 heterocycles. The van der Waals surface area contributed by atoms with Gasteiger partial charge in [-0.15, -0.1) is 0 Å². The molecule has 124 valence electrons. The standard InChI is InChI=1S/C18H19N3O3/c22-17(16-8-9-21(19-16)13-4-2-1-3-5-13)20-10-14(12-6-7-12)15(11-20)18(23)24/h1-5,8-9,12,14-15H,6-7,10-11H2,(H,23,24)/t14-,15+/m1/s1. The molecule has 1 aromatic carbocycles. The van der Waals surface area contributed by atoms with Crippen molar-refractivity contribution in [2.24, 2.45) is 17.8 Å². The van der Waals surface area contributed by atoms with Crippen LogP contribution < -0.4 is 0 Å². The van der Waals surface area contributed by atoms with Gasteiger partial charge in [0, 0.05) is 19.3 Å². The van der Waals surface area contributed by atoms with Crippen LogP contribution in [0.2, 0.25) is 0 Å². The van der Waals surface area contributed by atoms with Gasteiger partial charge in [-0.3, -0.25) is 9.59 Å². The number of carboxylic acids is 1. The molecule has 0 unspecified atom stereocenters. The van der Waals surface area contributed by atoms with Crippen molar-refractivity contribution in [2.75, 3.05) is 13.1 Å². The van der Waals surface area contributed by atoms with Gasteiger partial charge in [0.15, 0.2) is 5.69 Å². The van der Waals surface area contributed by atoms with Gasteiger partial charge in [-0.1, -0.05) is 18.2 Å². The minimum absolute atomic E-state index is 0.0858.